The van der Waals surface area contributed by atoms with Crippen molar-refractivity contribution in [3.63, 3.8) is 0 Å². The minimum Gasteiger partial charge on any atom is -0.299 e. The first-order chi connectivity index (χ1) is 8.36. The Labute approximate surface area is 107 Å². The molecule has 0 atom stereocenters. The molecule has 1 saturated carbocycles. The van der Waals surface area contributed by atoms with E-state index >= 15 is 0 Å². The van der Waals surface area contributed by atoms with Crippen molar-refractivity contribution in [3.05, 3.63) is 35.9 Å². The molecule has 1 nitrogen and oxygen atoms in total. The van der Waals surface area contributed by atoms with E-state index in [1.165, 1.54) is 37.7 Å². The molecule has 17 heavy (non-hydrogen) atoms. The Balaban J connectivity index is 0.000000686. The maximum absolute atomic E-state index is 2.52. The summed E-state index contributed by atoms with van der Waals surface area (Å²) in [5, 5.41) is 0. The molecule has 0 aromatic heterocycles. The second kappa shape index (κ2) is 8.30. The van der Waals surface area contributed by atoms with E-state index in [4.69, 9.17) is 0 Å². The molecule has 1 aliphatic carbocycles. The highest BCUT2D eigenvalue weighted by molar-refractivity contribution is 5.14. The number of rotatable bonds is 3. The van der Waals surface area contributed by atoms with Gasteiger partial charge in [-0.2, -0.15) is 0 Å². The molecule has 0 spiro atoms. The molecular formula is C16H27N. The Morgan fingerprint density at radius 1 is 1.00 bits per heavy atom. The van der Waals surface area contributed by atoms with Crippen molar-refractivity contribution in [2.24, 2.45) is 0 Å². The van der Waals surface area contributed by atoms with Crippen LogP contribution in [0.5, 0.6) is 0 Å². The summed E-state index contributed by atoms with van der Waals surface area (Å²) < 4.78 is 0. The van der Waals surface area contributed by atoms with Crippen LogP contribution >= 0.6 is 0 Å². The third-order valence-corrected chi connectivity index (χ3v) is 3.47. The van der Waals surface area contributed by atoms with Gasteiger partial charge in [-0.15, -0.1) is 0 Å². The zero-order valence-electron chi connectivity index (χ0n) is 11.7. The molecule has 1 aromatic carbocycles. The highest BCUT2D eigenvalue weighted by Crippen LogP contribution is 2.22. The average molecular weight is 233 g/mol. The monoisotopic (exact) mass is 233 g/mol. The van der Waals surface area contributed by atoms with E-state index in [0.717, 1.165) is 12.6 Å². The Kier molecular flexibility index (Phi) is 6.95. The molecule has 0 aliphatic heterocycles. The van der Waals surface area contributed by atoms with E-state index in [0.29, 0.717) is 0 Å². The summed E-state index contributed by atoms with van der Waals surface area (Å²) in [4.78, 5) is 2.52. The topological polar surface area (TPSA) is 3.24 Å². The summed E-state index contributed by atoms with van der Waals surface area (Å²) in [6.07, 6.45) is 7.07. The van der Waals surface area contributed by atoms with Gasteiger partial charge >= 0.3 is 0 Å². The van der Waals surface area contributed by atoms with Gasteiger partial charge in [0.25, 0.3) is 0 Å². The maximum Gasteiger partial charge on any atom is 0.0233 e. The van der Waals surface area contributed by atoms with Crippen LogP contribution in [-0.4, -0.2) is 18.0 Å². The molecule has 2 rings (SSSR count). The quantitative estimate of drug-likeness (QED) is 0.744. The van der Waals surface area contributed by atoms with Crippen LogP contribution in [0.3, 0.4) is 0 Å². The summed E-state index contributed by atoms with van der Waals surface area (Å²) >= 11 is 0. The van der Waals surface area contributed by atoms with E-state index in [9.17, 15) is 0 Å². The first-order valence-electron chi connectivity index (χ1n) is 7.10. The van der Waals surface area contributed by atoms with Crippen LogP contribution < -0.4 is 0 Å². The molecule has 0 bridgehead atoms. The van der Waals surface area contributed by atoms with Crippen LogP contribution in [0.2, 0.25) is 0 Å². The minimum absolute atomic E-state index is 0.818. The summed E-state index contributed by atoms with van der Waals surface area (Å²) in [6.45, 7) is 5.10. The third-order valence-electron chi connectivity index (χ3n) is 3.47. The van der Waals surface area contributed by atoms with Gasteiger partial charge in [0.15, 0.2) is 0 Å². The first kappa shape index (κ1) is 14.2. The summed E-state index contributed by atoms with van der Waals surface area (Å²) in [5.41, 5.74) is 1.44. The number of benzene rings is 1. The second-order valence-corrected chi connectivity index (χ2v) is 4.69. The smallest absolute Gasteiger partial charge is 0.0233 e. The lowest BCUT2D eigenvalue weighted by Gasteiger charge is -2.31. The van der Waals surface area contributed by atoms with Gasteiger partial charge in [0.05, 0.1) is 0 Å². The molecule has 1 aromatic rings. The predicted molar refractivity (Wildman–Crippen MR) is 76.1 cm³/mol. The Morgan fingerprint density at radius 2 is 1.59 bits per heavy atom. The van der Waals surface area contributed by atoms with E-state index in [2.05, 4.69) is 42.3 Å². The lowest BCUT2D eigenvalue weighted by atomic mass is 9.94. The first-order valence-corrected chi connectivity index (χ1v) is 7.10. The normalized spacial score (nSPS) is 16.5. The molecule has 0 radical (unpaired) electrons. The molecule has 96 valence electrons. The molecule has 1 heteroatoms. The van der Waals surface area contributed by atoms with Crippen LogP contribution in [-0.2, 0) is 6.54 Å². The van der Waals surface area contributed by atoms with Gasteiger partial charge < -0.3 is 0 Å². The van der Waals surface area contributed by atoms with Gasteiger partial charge in [-0.3, -0.25) is 4.90 Å². The zero-order chi connectivity index (χ0) is 12.5. The highest BCUT2D eigenvalue weighted by Gasteiger charge is 2.17. The summed E-state index contributed by atoms with van der Waals surface area (Å²) in [6, 6.07) is 11.6. The second-order valence-electron chi connectivity index (χ2n) is 4.69. The fourth-order valence-electron chi connectivity index (χ4n) is 2.52. The van der Waals surface area contributed by atoms with Gasteiger partial charge in [0.2, 0.25) is 0 Å². The molecule has 0 saturated heterocycles. The van der Waals surface area contributed by atoms with Crippen LogP contribution in [0.1, 0.15) is 51.5 Å². The molecular weight excluding hydrogens is 206 g/mol. The van der Waals surface area contributed by atoms with E-state index in [-0.39, 0.29) is 0 Å². The van der Waals surface area contributed by atoms with Crippen LogP contribution in [0.4, 0.5) is 0 Å². The van der Waals surface area contributed by atoms with Crippen LogP contribution in [0.15, 0.2) is 30.3 Å². The van der Waals surface area contributed by atoms with Gasteiger partial charge in [0.1, 0.15) is 0 Å². The van der Waals surface area contributed by atoms with Crippen molar-refractivity contribution in [2.75, 3.05) is 7.05 Å². The minimum atomic E-state index is 0.818. The van der Waals surface area contributed by atoms with Crippen molar-refractivity contribution < 1.29 is 0 Å². The highest BCUT2D eigenvalue weighted by atomic mass is 15.1. The lowest BCUT2D eigenvalue weighted by molar-refractivity contribution is 0.184. The standard InChI is InChI=1S/C14H21N.C2H6/c1-15(14-10-6-3-7-11-14)12-13-8-4-2-5-9-13;1-2/h2,4-5,8-9,14H,3,6-7,10-12H2,1H3;1-2H3. The van der Waals surface area contributed by atoms with Gasteiger partial charge in [0, 0.05) is 12.6 Å². The molecule has 1 fully saturated rings. The summed E-state index contributed by atoms with van der Waals surface area (Å²) in [5.74, 6) is 0. The number of nitrogens with zero attached hydrogens (tertiary/aromatic N) is 1. The fourth-order valence-corrected chi connectivity index (χ4v) is 2.52. The SMILES string of the molecule is CC.CN(Cc1ccccc1)C1CCCCC1. The zero-order valence-corrected chi connectivity index (χ0v) is 11.7. The molecule has 0 amide bonds. The van der Waals surface area contributed by atoms with Gasteiger partial charge in [-0.1, -0.05) is 63.4 Å². The lowest BCUT2D eigenvalue weighted by Crippen LogP contribution is -2.32. The fraction of sp³-hybridized carbons (Fsp3) is 0.625. The van der Waals surface area contributed by atoms with Crippen LogP contribution in [0.25, 0.3) is 0 Å². The number of hydrogen-bond donors (Lipinski definition) is 0. The average Bonchev–Trinajstić information content (AvgIpc) is 2.43. The largest absolute Gasteiger partial charge is 0.299 e. The molecule has 0 heterocycles. The van der Waals surface area contributed by atoms with Crippen molar-refractivity contribution in [1.29, 1.82) is 0 Å². The maximum atomic E-state index is 2.52. The van der Waals surface area contributed by atoms with Crippen molar-refractivity contribution in [3.8, 4) is 0 Å². The molecule has 0 unspecified atom stereocenters. The van der Waals surface area contributed by atoms with Gasteiger partial charge in [-0.25, -0.2) is 0 Å². The van der Waals surface area contributed by atoms with Crippen molar-refractivity contribution in [1.82, 2.24) is 4.90 Å². The predicted octanol–water partition coefficient (Wildman–Crippen LogP) is 4.48. The van der Waals surface area contributed by atoms with Crippen LogP contribution in [0, 0.1) is 0 Å². The molecule has 0 N–H and O–H groups in total. The third kappa shape index (κ3) is 4.91. The van der Waals surface area contributed by atoms with Crippen molar-refractivity contribution in [2.45, 2.75) is 58.5 Å². The van der Waals surface area contributed by atoms with E-state index in [1.807, 2.05) is 13.8 Å². The Hall–Kier alpha value is -0.820. The van der Waals surface area contributed by atoms with Crippen molar-refractivity contribution >= 4 is 0 Å². The van der Waals surface area contributed by atoms with E-state index < -0.39 is 0 Å². The Morgan fingerprint density at radius 3 is 2.18 bits per heavy atom. The summed E-state index contributed by atoms with van der Waals surface area (Å²) in [7, 11) is 2.27. The Bertz CT molecular complexity index is 275. The molecule has 1 aliphatic rings. The van der Waals surface area contributed by atoms with Gasteiger partial charge in [-0.05, 0) is 25.5 Å². The number of hydrogen-bond acceptors (Lipinski definition) is 1. The van der Waals surface area contributed by atoms with E-state index in [1.54, 1.807) is 0 Å².